The summed E-state index contributed by atoms with van der Waals surface area (Å²) in [5.74, 6) is -3.48. The van der Waals surface area contributed by atoms with E-state index in [0.29, 0.717) is 32.1 Å². The van der Waals surface area contributed by atoms with Crippen LogP contribution in [0.5, 0.6) is 0 Å². The van der Waals surface area contributed by atoms with Crippen LogP contribution in [0.4, 0.5) is 0 Å². The molecule has 1 fully saturated rings. The maximum Gasteiger partial charge on any atom is 0.307 e. The average molecular weight is 334 g/mol. The van der Waals surface area contributed by atoms with Crippen molar-refractivity contribution in [1.29, 1.82) is 0 Å². The summed E-state index contributed by atoms with van der Waals surface area (Å²) in [5, 5.41) is 20.6. The number of hydrogen-bond donors (Lipinski definition) is 4. The van der Waals surface area contributed by atoms with E-state index in [0.717, 1.165) is 5.56 Å². The van der Waals surface area contributed by atoms with Crippen molar-refractivity contribution in [2.75, 3.05) is 0 Å². The number of aryl methyl sites for hydroxylation is 1. The quantitative estimate of drug-likeness (QED) is 0.440. The number of nitrogens with one attached hydrogen (secondary N) is 2. The van der Waals surface area contributed by atoms with Gasteiger partial charge in [-0.1, -0.05) is 36.8 Å². The Labute approximate surface area is 140 Å². The SMILES string of the molecule is O=C(NO)C(CCc1ccccc1)NC(=O)[C@@H]1CCC[C@@H]1C(=O)O. The summed E-state index contributed by atoms with van der Waals surface area (Å²) >= 11 is 0. The second-order valence-corrected chi connectivity index (χ2v) is 6.04. The first-order valence-corrected chi connectivity index (χ1v) is 8.04. The van der Waals surface area contributed by atoms with E-state index in [1.165, 1.54) is 0 Å². The molecule has 2 amide bonds. The molecule has 3 atom stereocenters. The second-order valence-electron chi connectivity index (χ2n) is 6.04. The summed E-state index contributed by atoms with van der Waals surface area (Å²) in [6, 6.07) is 8.56. The Morgan fingerprint density at radius 2 is 1.79 bits per heavy atom. The van der Waals surface area contributed by atoms with Gasteiger partial charge in [-0.25, -0.2) is 5.48 Å². The van der Waals surface area contributed by atoms with Crippen LogP contribution in [0.25, 0.3) is 0 Å². The van der Waals surface area contributed by atoms with Gasteiger partial charge in [-0.15, -0.1) is 0 Å². The zero-order chi connectivity index (χ0) is 17.5. The predicted octanol–water partition coefficient (Wildman–Crippen LogP) is 1.11. The monoisotopic (exact) mass is 334 g/mol. The van der Waals surface area contributed by atoms with Crippen LogP contribution in [0.15, 0.2) is 30.3 Å². The molecule has 4 N–H and O–H groups in total. The maximum atomic E-state index is 12.4. The third kappa shape index (κ3) is 4.55. The third-order valence-corrected chi connectivity index (χ3v) is 4.48. The summed E-state index contributed by atoms with van der Waals surface area (Å²) in [7, 11) is 0. The van der Waals surface area contributed by atoms with Gasteiger partial charge in [-0.3, -0.25) is 19.6 Å². The van der Waals surface area contributed by atoms with Crippen molar-refractivity contribution >= 4 is 17.8 Å². The van der Waals surface area contributed by atoms with E-state index in [-0.39, 0.29) is 0 Å². The Morgan fingerprint density at radius 1 is 1.12 bits per heavy atom. The number of carboxylic acid groups (broad SMARTS) is 1. The molecule has 1 unspecified atom stereocenters. The van der Waals surface area contributed by atoms with Crippen LogP contribution >= 0.6 is 0 Å². The summed E-state index contributed by atoms with van der Waals surface area (Å²) < 4.78 is 0. The van der Waals surface area contributed by atoms with Crippen LogP contribution in [0.1, 0.15) is 31.2 Å². The van der Waals surface area contributed by atoms with Crippen LogP contribution < -0.4 is 10.8 Å². The highest BCUT2D eigenvalue weighted by Gasteiger charge is 2.38. The van der Waals surface area contributed by atoms with E-state index >= 15 is 0 Å². The fraction of sp³-hybridized carbons (Fsp3) is 0.471. The number of hydroxylamine groups is 1. The normalized spacial score (nSPS) is 21.0. The molecule has 1 saturated carbocycles. The molecule has 24 heavy (non-hydrogen) atoms. The van der Waals surface area contributed by atoms with Crippen LogP contribution in [0.3, 0.4) is 0 Å². The minimum absolute atomic E-state index is 0.312. The zero-order valence-corrected chi connectivity index (χ0v) is 13.3. The summed E-state index contributed by atoms with van der Waals surface area (Å²) in [4.78, 5) is 35.4. The maximum absolute atomic E-state index is 12.4. The molecule has 0 saturated heterocycles. The zero-order valence-electron chi connectivity index (χ0n) is 13.3. The molecule has 1 aromatic rings. The molecular formula is C17H22N2O5. The highest BCUT2D eigenvalue weighted by molar-refractivity contribution is 5.90. The van der Waals surface area contributed by atoms with E-state index < -0.39 is 35.7 Å². The van der Waals surface area contributed by atoms with Gasteiger partial charge in [0.1, 0.15) is 6.04 Å². The summed E-state index contributed by atoms with van der Waals surface area (Å²) in [6.45, 7) is 0. The molecule has 130 valence electrons. The Morgan fingerprint density at radius 3 is 2.42 bits per heavy atom. The van der Waals surface area contributed by atoms with Gasteiger partial charge < -0.3 is 10.4 Å². The van der Waals surface area contributed by atoms with Gasteiger partial charge in [0.15, 0.2) is 0 Å². The lowest BCUT2D eigenvalue weighted by Crippen LogP contribution is -2.49. The van der Waals surface area contributed by atoms with Crippen molar-refractivity contribution in [2.24, 2.45) is 11.8 Å². The molecule has 0 heterocycles. The molecule has 0 bridgehead atoms. The third-order valence-electron chi connectivity index (χ3n) is 4.48. The molecule has 7 nitrogen and oxygen atoms in total. The molecule has 0 aliphatic heterocycles. The lowest BCUT2D eigenvalue weighted by atomic mass is 9.94. The smallest absolute Gasteiger partial charge is 0.307 e. The number of carbonyl (C=O) groups excluding carboxylic acids is 2. The van der Waals surface area contributed by atoms with E-state index in [2.05, 4.69) is 5.32 Å². The first kappa shape index (κ1) is 17.9. The Bertz CT molecular complexity index is 590. The number of hydrogen-bond acceptors (Lipinski definition) is 4. The fourth-order valence-electron chi connectivity index (χ4n) is 3.15. The molecular weight excluding hydrogens is 312 g/mol. The second kappa shape index (κ2) is 8.44. The summed E-state index contributed by atoms with van der Waals surface area (Å²) in [5.41, 5.74) is 2.57. The van der Waals surface area contributed by atoms with Gasteiger partial charge in [0.2, 0.25) is 5.91 Å². The molecule has 0 spiro atoms. The highest BCUT2D eigenvalue weighted by atomic mass is 16.5. The number of rotatable bonds is 7. The van der Waals surface area contributed by atoms with Gasteiger partial charge in [0.25, 0.3) is 5.91 Å². The van der Waals surface area contributed by atoms with E-state index in [9.17, 15) is 19.5 Å². The molecule has 7 heteroatoms. The number of amides is 2. The van der Waals surface area contributed by atoms with Gasteiger partial charge in [-0.05, 0) is 31.2 Å². The topological polar surface area (TPSA) is 116 Å². The Hall–Kier alpha value is -2.41. The molecule has 2 rings (SSSR count). The van der Waals surface area contributed by atoms with E-state index in [1.54, 1.807) is 5.48 Å². The van der Waals surface area contributed by atoms with Gasteiger partial charge in [0, 0.05) is 0 Å². The van der Waals surface area contributed by atoms with Crippen molar-refractivity contribution < 1.29 is 24.7 Å². The van der Waals surface area contributed by atoms with Crippen molar-refractivity contribution in [3.8, 4) is 0 Å². The number of benzene rings is 1. The molecule has 1 aromatic carbocycles. The predicted molar refractivity (Wildman–Crippen MR) is 85.1 cm³/mol. The fourth-order valence-corrected chi connectivity index (χ4v) is 3.15. The minimum atomic E-state index is -0.986. The highest BCUT2D eigenvalue weighted by Crippen LogP contribution is 2.32. The Kier molecular flexibility index (Phi) is 6.31. The van der Waals surface area contributed by atoms with Crippen molar-refractivity contribution in [3.05, 3.63) is 35.9 Å². The van der Waals surface area contributed by atoms with Gasteiger partial charge in [-0.2, -0.15) is 0 Å². The largest absolute Gasteiger partial charge is 0.481 e. The van der Waals surface area contributed by atoms with Crippen LogP contribution in [-0.4, -0.2) is 34.1 Å². The van der Waals surface area contributed by atoms with Crippen LogP contribution in [0, 0.1) is 11.8 Å². The molecule has 0 radical (unpaired) electrons. The van der Waals surface area contributed by atoms with Crippen LogP contribution in [-0.2, 0) is 20.8 Å². The Balaban J connectivity index is 1.99. The first-order chi connectivity index (χ1) is 11.5. The van der Waals surface area contributed by atoms with Crippen molar-refractivity contribution in [3.63, 3.8) is 0 Å². The molecule has 1 aliphatic rings. The van der Waals surface area contributed by atoms with Gasteiger partial charge in [0.05, 0.1) is 11.8 Å². The number of carbonyl (C=O) groups is 3. The van der Waals surface area contributed by atoms with Crippen LogP contribution in [0.2, 0.25) is 0 Å². The van der Waals surface area contributed by atoms with Crippen molar-refractivity contribution in [1.82, 2.24) is 10.8 Å². The number of aliphatic carboxylic acids is 1. The first-order valence-electron chi connectivity index (χ1n) is 8.04. The lowest BCUT2D eigenvalue weighted by Gasteiger charge is -2.21. The van der Waals surface area contributed by atoms with E-state index in [1.807, 2.05) is 30.3 Å². The molecule has 1 aliphatic carbocycles. The standard InChI is InChI=1S/C17H22N2O5/c20-15(12-7-4-8-13(12)17(22)23)18-14(16(21)19-24)10-9-11-5-2-1-3-6-11/h1-3,5-6,12-14,24H,4,7-10H2,(H,18,20)(H,19,21)(H,22,23)/t12-,13+,14?/m1/s1. The average Bonchev–Trinajstić information content (AvgIpc) is 3.08. The number of carboxylic acids is 1. The molecule has 0 aromatic heterocycles. The van der Waals surface area contributed by atoms with E-state index in [4.69, 9.17) is 5.21 Å². The van der Waals surface area contributed by atoms with Crippen molar-refractivity contribution in [2.45, 2.75) is 38.1 Å². The summed E-state index contributed by atoms with van der Waals surface area (Å²) in [6.07, 6.45) is 2.50. The van der Waals surface area contributed by atoms with Gasteiger partial charge >= 0.3 is 5.97 Å². The lowest BCUT2D eigenvalue weighted by molar-refractivity contribution is -0.146. The minimum Gasteiger partial charge on any atom is -0.481 e.